The Morgan fingerprint density at radius 2 is 1.97 bits per heavy atom. The van der Waals surface area contributed by atoms with Gasteiger partial charge in [-0.15, -0.1) is 0 Å². The minimum absolute atomic E-state index is 0.171. The lowest BCUT2D eigenvalue weighted by Gasteiger charge is -2.37. The molecule has 2 aliphatic rings. The number of benzene rings is 1. The van der Waals surface area contributed by atoms with Gasteiger partial charge in [0.1, 0.15) is 12.1 Å². The van der Waals surface area contributed by atoms with Crippen molar-refractivity contribution in [2.75, 3.05) is 31.1 Å². The van der Waals surface area contributed by atoms with Gasteiger partial charge >= 0.3 is 0 Å². The molecule has 1 aromatic carbocycles. The molecular weight excluding hydrogens is 376 g/mol. The van der Waals surface area contributed by atoms with E-state index in [2.05, 4.69) is 21.8 Å². The second kappa shape index (κ2) is 8.02. The molecule has 4 rings (SSSR count). The highest BCUT2D eigenvalue weighted by atomic mass is 19.2. The van der Waals surface area contributed by atoms with Gasteiger partial charge in [0.15, 0.2) is 11.6 Å². The van der Waals surface area contributed by atoms with Crippen LogP contribution in [0.5, 0.6) is 0 Å². The number of amides is 1. The molecule has 1 aliphatic heterocycles. The van der Waals surface area contributed by atoms with E-state index in [1.165, 1.54) is 11.6 Å². The Bertz CT molecular complexity index is 914. The first-order valence-corrected chi connectivity index (χ1v) is 10.0. The summed E-state index contributed by atoms with van der Waals surface area (Å²) in [6, 6.07) is 2.83. The highest BCUT2D eigenvalue weighted by Gasteiger charge is 2.30. The number of halogens is 2. The molecule has 2 unspecified atom stereocenters. The van der Waals surface area contributed by atoms with Gasteiger partial charge in [0.05, 0.1) is 6.04 Å². The van der Waals surface area contributed by atoms with Crippen LogP contribution in [0.4, 0.5) is 14.6 Å². The molecule has 1 saturated heterocycles. The second-order valence-electron chi connectivity index (χ2n) is 7.87. The van der Waals surface area contributed by atoms with Crippen molar-refractivity contribution in [3.63, 3.8) is 0 Å². The van der Waals surface area contributed by atoms with Crippen molar-refractivity contribution < 1.29 is 13.6 Å². The first-order chi connectivity index (χ1) is 13.9. The molecule has 154 valence electrons. The van der Waals surface area contributed by atoms with Crippen molar-refractivity contribution in [3.05, 3.63) is 53.0 Å². The maximum Gasteiger partial charge on any atom is 0.239 e. The Kier molecular flexibility index (Phi) is 5.45. The molecule has 0 radical (unpaired) electrons. The van der Waals surface area contributed by atoms with E-state index < -0.39 is 17.7 Å². The lowest BCUT2D eigenvalue weighted by atomic mass is 10.0. The maximum atomic E-state index is 13.4. The highest BCUT2D eigenvalue weighted by Crippen LogP contribution is 2.37. The van der Waals surface area contributed by atoms with Crippen LogP contribution in [-0.4, -0.2) is 53.0 Å². The number of carbonyl (C=O) groups excluding carboxylic acids is 1. The summed E-state index contributed by atoms with van der Waals surface area (Å²) in [5.74, 6) is -0.572. The number of rotatable bonds is 4. The number of nitrogens with two attached hydrogens (primary N) is 1. The minimum atomic E-state index is -0.928. The summed E-state index contributed by atoms with van der Waals surface area (Å²) in [6.45, 7) is 4.67. The van der Waals surface area contributed by atoms with Crippen LogP contribution in [0.15, 0.2) is 24.5 Å². The number of carbonyl (C=O) groups is 1. The number of hydrogen-bond acceptors (Lipinski definition) is 5. The third-order valence-electron chi connectivity index (χ3n) is 5.90. The summed E-state index contributed by atoms with van der Waals surface area (Å²) in [5.41, 5.74) is 8.94. The number of anilines is 1. The molecule has 2 N–H and O–H groups in total. The summed E-state index contributed by atoms with van der Waals surface area (Å²) in [5, 5.41) is 0. The molecule has 0 spiro atoms. The molecule has 1 amide bonds. The Morgan fingerprint density at radius 3 is 2.69 bits per heavy atom. The molecule has 1 aromatic heterocycles. The van der Waals surface area contributed by atoms with E-state index >= 15 is 0 Å². The van der Waals surface area contributed by atoms with Gasteiger partial charge in [0, 0.05) is 37.4 Å². The Balaban J connectivity index is 1.38. The van der Waals surface area contributed by atoms with Crippen LogP contribution in [0.25, 0.3) is 0 Å². The average molecular weight is 401 g/mol. The lowest BCUT2D eigenvalue weighted by molar-refractivity contribution is -0.132. The summed E-state index contributed by atoms with van der Waals surface area (Å²) in [4.78, 5) is 25.6. The summed E-state index contributed by atoms with van der Waals surface area (Å²) in [6.07, 6.45) is 3.89. The number of fused-ring (bicyclic) bond motifs is 1. The molecule has 2 atom stereocenters. The van der Waals surface area contributed by atoms with E-state index in [9.17, 15) is 13.6 Å². The molecule has 2 aromatic rings. The topological polar surface area (TPSA) is 75.4 Å². The van der Waals surface area contributed by atoms with Crippen LogP contribution >= 0.6 is 0 Å². The third-order valence-corrected chi connectivity index (χ3v) is 5.90. The number of piperazine rings is 1. The van der Waals surface area contributed by atoms with Crippen molar-refractivity contribution in [2.45, 2.75) is 38.1 Å². The lowest BCUT2D eigenvalue weighted by Crippen LogP contribution is -2.54. The van der Waals surface area contributed by atoms with Gasteiger partial charge in [0.25, 0.3) is 0 Å². The van der Waals surface area contributed by atoms with Gasteiger partial charge in [-0.05, 0) is 42.9 Å². The average Bonchev–Trinajstić information content (AvgIpc) is 3.11. The van der Waals surface area contributed by atoms with Crippen molar-refractivity contribution in [3.8, 4) is 0 Å². The SMILES string of the molecule is CC1CCc2ncnc(N3CCN(C(=O)C(N)Cc4ccc(F)c(F)c4)CC3)c21. The van der Waals surface area contributed by atoms with Gasteiger partial charge in [-0.2, -0.15) is 0 Å². The number of aryl methyl sites for hydroxylation is 1. The molecule has 0 bridgehead atoms. The van der Waals surface area contributed by atoms with Crippen LogP contribution < -0.4 is 10.6 Å². The highest BCUT2D eigenvalue weighted by molar-refractivity contribution is 5.82. The van der Waals surface area contributed by atoms with Gasteiger partial charge in [0.2, 0.25) is 5.91 Å². The summed E-state index contributed by atoms with van der Waals surface area (Å²) >= 11 is 0. The summed E-state index contributed by atoms with van der Waals surface area (Å²) in [7, 11) is 0. The van der Waals surface area contributed by atoms with E-state index in [0.717, 1.165) is 36.5 Å². The fourth-order valence-corrected chi connectivity index (χ4v) is 4.26. The quantitative estimate of drug-likeness (QED) is 0.849. The van der Waals surface area contributed by atoms with Crippen LogP contribution in [-0.2, 0) is 17.6 Å². The van der Waals surface area contributed by atoms with Gasteiger partial charge in [-0.1, -0.05) is 13.0 Å². The second-order valence-corrected chi connectivity index (χ2v) is 7.87. The fourth-order valence-electron chi connectivity index (χ4n) is 4.26. The first kappa shape index (κ1) is 19.7. The first-order valence-electron chi connectivity index (χ1n) is 10.0. The van der Waals surface area contributed by atoms with Gasteiger partial charge in [-0.25, -0.2) is 18.7 Å². The normalized spacial score (nSPS) is 19.9. The molecule has 29 heavy (non-hydrogen) atoms. The standard InChI is InChI=1S/C21H25F2N5O/c1-13-2-5-18-19(13)20(26-12-25-18)27-6-8-28(9-7-27)21(29)17(24)11-14-3-4-15(22)16(23)10-14/h3-4,10,12-13,17H,2,5-9,11,24H2,1H3. The number of aromatic nitrogens is 2. The fraction of sp³-hybridized carbons (Fsp3) is 0.476. The molecular formula is C21H25F2N5O. The van der Waals surface area contributed by atoms with Crippen molar-refractivity contribution >= 4 is 11.7 Å². The van der Waals surface area contributed by atoms with Crippen molar-refractivity contribution in [1.82, 2.24) is 14.9 Å². The van der Waals surface area contributed by atoms with Crippen LogP contribution in [0.1, 0.15) is 36.1 Å². The van der Waals surface area contributed by atoms with Crippen molar-refractivity contribution in [1.29, 1.82) is 0 Å². The predicted molar refractivity (Wildman–Crippen MR) is 106 cm³/mol. The molecule has 0 saturated carbocycles. The molecule has 1 aliphatic carbocycles. The van der Waals surface area contributed by atoms with Crippen molar-refractivity contribution in [2.24, 2.45) is 5.73 Å². The zero-order chi connectivity index (χ0) is 20.5. The zero-order valence-corrected chi connectivity index (χ0v) is 16.4. The maximum absolute atomic E-state index is 13.4. The number of nitrogens with zero attached hydrogens (tertiary/aromatic N) is 4. The van der Waals surface area contributed by atoms with Crippen LogP contribution in [0, 0.1) is 11.6 Å². The van der Waals surface area contributed by atoms with E-state index in [4.69, 9.17) is 5.73 Å². The predicted octanol–water partition coefficient (Wildman–Crippen LogP) is 2.02. The monoisotopic (exact) mass is 401 g/mol. The molecule has 6 nitrogen and oxygen atoms in total. The van der Waals surface area contributed by atoms with Gasteiger partial charge < -0.3 is 15.5 Å². The van der Waals surface area contributed by atoms with Gasteiger partial charge in [-0.3, -0.25) is 4.79 Å². The largest absolute Gasteiger partial charge is 0.353 e. The minimum Gasteiger partial charge on any atom is -0.353 e. The number of hydrogen-bond donors (Lipinski definition) is 1. The Hall–Kier alpha value is -2.61. The van der Waals surface area contributed by atoms with Crippen LogP contribution in [0.3, 0.4) is 0 Å². The molecule has 1 fully saturated rings. The molecule has 8 heteroatoms. The zero-order valence-electron chi connectivity index (χ0n) is 16.4. The van der Waals surface area contributed by atoms with E-state index in [1.807, 2.05) is 0 Å². The molecule has 2 heterocycles. The smallest absolute Gasteiger partial charge is 0.239 e. The van der Waals surface area contributed by atoms with E-state index in [0.29, 0.717) is 37.7 Å². The Labute approximate surface area is 168 Å². The Morgan fingerprint density at radius 1 is 1.21 bits per heavy atom. The third kappa shape index (κ3) is 3.94. The van der Waals surface area contributed by atoms with E-state index in [-0.39, 0.29) is 12.3 Å². The summed E-state index contributed by atoms with van der Waals surface area (Å²) < 4.78 is 26.5. The van der Waals surface area contributed by atoms with Crippen LogP contribution in [0.2, 0.25) is 0 Å². The van der Waals surface area contributed by atoms with E-state index in [1.54, 1.807) is 11.2 Å².